The van der Waals surface area contributed by atoms with Crippen LogP contribution in [0.25, 0.3) is 0 Å². The SMILES string of the molecule is CC1(C)CC(NC(=O)c2cnccc2NN)CC(C)(C)C1. The fraction of sp³-hybridized carbons (Fsp3) is 0.625. The first-order valence-electron chi connectivity index (χ1n) is 7.44. The van der Waals surface area contributed by atoms with Crippen LogP contribution < -0.4 is 16.6 Å². The van der Waals surface area contributed by atoms with E-state index in [4.69, 9.17) is 5.84 Å². The van der Waals surface area contributed by atoms with Crippen LogP contribution >= 0.6 is 0 Å². The quantitative estimate of drug-likeness (QED) is 0.590. The van der Waals surface area contributed by atoms with Crippen molar-refractivity contribution in [2.75, 3.05) is 5.43 Å². The molecule has 2 rings (SSSR count). The van der Waals surface area contributed by atoms with E-state index in [2.05, 4.69) is 43.4 Å². The van der Waals surface area contributed by atoms with E-state index in [1.54, 1.807) is 18.5 Å². The molecule has 0 saturated heterocycles. The minimum absolute atomic E-state index is 0.116. The third-order valence-electron chi connectivity index (χ3n) is 4.11. The van der Waals surface area contributed by atoms with Gasteiger partial charge in [-0.3, -0.25) is 15.6 Å². The number of carbonyl (C=O) groups excluding carboxylic acids is 1. The molecule has 0 aliphatic heterocycles. The van der Waals surface area contributed by atoms with Gasteiger partial charge in [-0.15, -0.1) is 0 Å². The van der Waals surface area contributed by atoms with Crippen LogP contribution in [0.3, 0.4) is 0 Å². The highest BCUT2D eigenvalue weighted by molar-refractivity contribution is 5.99. The topological polar surface area (TPSA) is 80.0 Å². The Morgan fingerprint density at radius 2 is 1.90 bits per heavy atom. The van der Waals surface area contributed by atoms with Gasteiger partial charge in [-0.2, -0.15) is 0 Å². The van der Waals surface area contributed by atoms with Crippen molar-refractivity contribution in [1.82, 2.24) is 10.3 Å². The van der Waals surface area contributed by atoms with E-state index in [0.29, 0.717) is 11.3 Å². The maximum atomic E-state index is 12.5. The summed E-state index contributed by atoms with van der Waals surface area (Å²) in [6.07, 6.45) is 6.32. The molecule has 0 unspecified atom stereocenters. The summed E-state index contributed by atoms with van der Waals surface area (Å²) in [7, 11) is 0. The third kappa shape index (κ3) is 3.94. The van der Waals surface area contributed by atoms with Gasteiger partial charge in [0.1, 0.15) is 0 Å². The van der Waals surface area contributed by atoms with E-state index in [1.807, 2.05) is 0 Å². The molecule has 1 aromatic heterocycles. The number of anilines is 1. The molecule has 1 heterocycles. The molecule has 1 aliphatic carbocycles. The largest absolute Gasteiger partial charge is 0.349 e. The summed E-state index contributed by atoms with van der Waals surface area (Å²) in [5.74, 6) is 5.33. The Bertz CT molecular complexity index is 509. The molecule has 1 aromatic rings. The number of nitrogens with zero attached hydrogens (tertiary/aromatic N) is 1. The fourth-order valence-corrected chi connectivity index (χ4v) is 3.91. The molecule has 5 heteroatoms. The molecule has 0 bridgehead atoms. The summed E-state index contributed by atoms with van der Waals surface area (Å²) in [4.78, 5) is 16.5. The van der Waals surface area contributed by atoms with Crippen LogP contribution in [-0.4, -0.2) is 16.9 Å². The Kier molecular flexibility index (Phi) is 4.23. The minimum atomic E-state index is -0.116. The second-order valence-electron chi connectivity index (χ2n) is 7.65. The number of amides is 1. The highest BCUT2D eigenvalue weighted by atomic mass is 16.1. The van der Waals surface area contributed by atoms with Crippen molar-refractivity contribution < 1.29 is 4.79 Å². The summed E-state index contributed by atoms with van der Waals surface area (Å²) in [5.41, 5.74) is 4.11. The molecule has 0 radical (unpaired) electrons. The van der Waals surface area contributed by atoms with Gasteiger partial charge in [0.15, 0.2) is 0 Å². The Morgan fingerprint density at radius 3 is 2.48 bits per heavy atom. The molecule has 0 aromatic carbocycles. The van der Waals surface area contributed by atoms with Gasteiger partial charge >= 0.3 is 0 Å². The number of hydrazine groups is 1. The number of aromatic nitrogens is 1. The third-order valence-corrected chi connectivity index (χ3v) is 4.11. The zero-order valence-corrected chi connectivity index (χ0v) is 13.4. The molecule has 1 fully saturated rings. The lowest BCUT2D eigenvalue weighted by Crippen LogP contribution is -2.46. The fourth-order valence-electron chi connectivity index (χ4n) is 3.91. The Hall–Kier alpha value is -1.62. The van der Waals surface area contributed by atoms with E-state index in [-0.39, 0.29) is 22.8 Å². The number of rotatable bonds is 3. The maximum Gasteiger partial charge on any atom is 0.255 e. The lowest BCUT2D eigenvalue weighted by Gasteiger charge is -2.45. The number of carbonyl (C=O) groups is 1. The Balaban J connectivity index is 2.12. The van der Waals surface area contributed by atoms with Crippen molar-refractivity contribution in [1.29, 1.82) is 0 Å². The number of hydrogen-bond acceptors (Lipinski definition) is 4. The van der Waals surface area contributed by atoms with Crippen molar-refractivity contribution in [2.24, 2.45) is 16.7 Å². The minimum Gasteiger partial charge on any atom is -0.349 e. The zero-order chi connectivity index (χ0) is 15.7. The first-order valence-corrected chi connectivity index (χ1v) is 7.44. The smallest absolute Gasteiger partial charge is 0.255 e. The Labute approximate surface area is 126 Å². The molecule has 1 amide bonds. The van der Waals surface area contributed by atoms with Crippen molar-refractivity contribution in [3.05, 3.63) is 24.0 Å². The zero-order valence-electron chi connectivity index (χ0n) is 13.4. The van der Waals surface area contributed by atoms with Gasteiger partial charge in [-0.25, -0.2) is 0 Å². The van der Waals surface area contributed by atoms with Crippen LogP contribution in [0.4, 0.5) is 5.69 Å². The molecule has 0 spiro atoms. The molecular formula is C16H26N4O. The number of nitrogens with two attached hydrogens (primary N) is 1. The van der Waals surface area contributed by atoms with E-state index in [1.165, 1.54) is 6.42 Å². The summed E-state index contributed by atoms with van der Waals surface area (Å²) in [6.45, 7) is 9.07. The maximum absolute atomic E-state index is 12.5. The van der Waals surface area contributed by atoms with Crippen LogP contribution in [0.1, 0.15) is 57.3 Å². The van der Waals surface area contributed by atoms with Crippen LogP contribution in [0.15, 0.2) is 18.5 Å². The number of pyridine rings is 1. The van der Waals surface area contributed by atoms with Gasteiger partial charge in [-0.05, 0) is 36.2 Å². The molecule has 116 valence electrons. The molecule has 5 nitrogen and oxygen atoms in total. The second kappa shape index (κ2) is 5.64. The number of nitrogen functional groups attached to an aromatic ring is 1. The molecule has 1 saturated carbocycles. The molecular weight excluding hydrogens is 264 g/mol. The van der Waals surface area contributed by atoms with Gasteiger partial charge in [0.05, 0.1) is 11.3 Å². The second-order valence-corrected chi connectivity index (χ2v) is 7.65. The van der Waals surface area contributed by atoms with Crippen LogP contribution in [0, 0.1) is 10.8 Å². The average molecular weight is 290 g/mol. The Morgan fingerprint density at radius 1 is 1.29 bits per heavy atom. The molecule has 21 heavy (non-hydrogen) atoms. The first-order chi connectivity index (χ1) is 9.72. The lowest BCUT2D eigenvalue weighted by atomic mass is 9.63. The van der Waals surface area contributed by atoms with Gasteiger partial charge in [0.25, 0.3) is 5.91 Å². The normalized spacial score (nSPS) is 20.8. The van der Waals surface area contributed by atoms with Crippen molar-refractivity contribution >= 4 is 11.6 Å². The first kappa shape index (κ1) is 15.8. The summed E-state index contributed by atoms with van der Waals surface area (Å²) < 4.78 is 0. The van der Waals surface area contributed by atoms with Crippen LogP contribution in [-0.2, 0) is 0 Å². The number of nitrogens with one attached hydrogen (secondary N) is 2. The monoisotopic (exact) mass is 290 g/mol. The summed E-state index contributed by atoms with van der Waals surface area (Å²) >= 11 is 0. The predicted molar refractivity (Wildman–Crippen MR) is 84.7 cm³/mol. The summed E-state index contributed by atoms with van der Waals surface area (Å²) in [5, 5.41) is 3.15. The van der Waals surface area contributed by atoms with Crippen LogP contribution in [0.2, 0.25) is 0 Å². The average Bonchev–Trinajstić information content (AvgIpc) is 2.34. The molecule has 4 N–H and O–H groups in total. The van der Waals surface area contributed by atoms with E-state index >= 15 is 0 Å². The summed E-state index contributed by atoms with van der Waals surface area (Å²) in [6, 6.07) is 1.88. The standard InChI is InChI=1S/C16H26N4O/c1-15(2)7-11(8-16(3,4)10-15)19-14(21)12-9-18-6-5-13(12)20-17/h5-6,9,11H,7-8,10,17H2,1-4H3,(H,18,20)(H,19,21). The van der Waals surface area contributed by atoms with Crippen molar-refractivity contribution in [3.63, 3.8) is 0 Å². The van der Waals surface area contributed by atoms with Crippen molar-refractivity contribution in [2.45, 2.75) is 53.0 Å². The van der Waals surface area contributed by atoms with Gasteiger partial charge < -0.3 is 10.7 Å². The molecule has 0 atom stereocenters. The van der Waals surface area contributed by atoms with E-state index < -0.39 is 0 Å². The van der Waals surface area contributed by atoms with Crippen LogP contribution in [0.5, 0.6) is 0 Å². The molecule has 1 aliphatic rings. The number of hydrogen-bond donors (Lipinski definition) is 3. The van der Waals surface area contributed by atoms with E-state index in [0.717, 1.165) is 12.8 Å². The van der Waals surface area contributed by atoms with Gasteiger partial charge in [0.2, 0.25) is 0 Å². The predicted octanol–water partition coefficient (Wildman–Crippen LogP) is 2.70. The van der Waals surface area contributed by atoms with E-state index in [9.17, 15) is 4.79 Å². The highest BCUT2D eigenvalue weighted by Gasteiger charge is 2.39. The highest BCUT2D eigenvalue weighted by Crippen LogP contribution is 2.45. The van der Waals surface area contributed by atoms with Crippen molar-refractivity contribution in [3.8, 4) is 0 Å². The van der Waals surface area contributed by atoms with Gasteiger partial charge in [-0.1, -0.05) is 27.7 Å². The lowest BCUT2D eigenvalue weighted by molar-refractivity contribution is 0.0714. The van der Waals surface area contributed by atoms with Gasteiger partial charge in [0, 0.05) is 18.4 Å².